The Morgan fingerprint density at radius 3 is 2.44 bits per heavy atom. The molecule has 1 aliphatic heterocycles. The fourth-order valence-electron chi connectivity index (χ4n) is 3.93. The molecule has 5 rings (SSSR count). The molecule has 2 aromatic carbocycles. The highest BCUT2D eigenvalue weighted by atomic mass is 32.2. The van der Waals surface area contributed by atoms with Crippen molar-refractivity contribution in [3.63, 3.8) is 0 Å². The van der Waals surface area contributed by atoms with E-state index in [1.54, 1.807) is 6.20 Å². The highest BCUT2D eigenvalue weighted by molar-refractivity contribution is 8.00. The van der Waals surface area contributed by atoms with E-state index in [1.165, 1.54) is 10.5 Å². The van der Waals surface area contributed by atoms with Crippen LogP contribution in [-0.4, -0.2) is 40.6 Å². The number of hydrogen-bond donors (Lipinski definition) is 2. The fraction of sp³-hybridized carbons (Fsp3) is 0.269. The fourth-order valence-corrected chi connectivity index (χ4v) is 5.04. The molecule has 174 valence electrons. The summed E-state index contributed by atoms with van der Waals surface area (Å²) >= 11 is 1.91. The van der Waals surface area contributed by atoms with Crippen molar-refractivity contribution >= 4 is 17.6 Å². The van der Waals surface area contributed by atoms with E-state index in [-0.39, 0.29) is 0 Å². The van der Waals surface area contributed by atoms with E-state index in [2.05, 4.69) is 51.9 Å². The molecular formula is C26H27N5O2S. The summed E-state index contributed by atoms with van der Waals surface area (Å²) in [5.74, 6) is 0.801. The van der Waals surface area contributed by atoms with Gasteiger partial charge in [0.15, 0.2) is 17.3 Å². The molecule has 3 heterocycles. The molecule has 4 aromatic rings. The van der Waals surface area contributed by atoms with Crippen LogP contribution in [0, 0.1) is 0 Å². The molecule has 0 radical (unpaired) electrons. The summed E-state index contributed by atoms with van der Waals surface area (Å²) in [5.41, 5.74) is 11.3. The summed E-state index contributed by atoms with van der Waals surface area (Å²) in [6.07, 6.45) is 3.88. The van der Waals surface area contributed by atoms with Crippen LogP contribution in [0.3, 0.4) is 0 Å². The lowest BCUT2D eigenvalue weighted by Crippen LogP contribution is -2.17. The molecular weight excluding hydrogens is 446 g/mol. The van der Waals surface area contributed by atoms with Crippen molar-refractivity contribution in [1.82, 2.24) is 20.4 Å². The first-order valence-electron chi connectivity index (χ1n) is 11.4. The average Bonchev–Trinajstić information content (AvgIpc) is 3.36. The number of aromatic nitrogens is 3. The Morgan fingerprint density at radius 1 is 1.00 bits per heavy atom. The van der Waals surface area contributed by atoms with Gasteiger partial charge in [-0.1, -0.05) is 41.6 Å². The number of hydrogen-bond acceptors (Lipinski definition) is 8. The van der Waals surface area contributed by atoms with Crippen LogP contribution < -0.4 is 11.1 Å². The molecule has 1 aliphatic rings. The van der Waals surface area contributed by atoms with Crippen LogP contribution in [0.4, 0.5) is 5.82 Å². The lowest BCUT2D eigenvalue weighted by Gasteiger charge is -2.21. The number of nitrogens with two attached hydrogens (primary N) is 1. The largest absolute Gasteiger partial charge is 0.382 e. The third kappa shape index (κ3) is 5.14. The number of nitrogens with one attached hydrogen (secondary N) is 1. The molecule has 1 fully saturated rings. The Balaban J connectivity index is 1.35. The van der Waals surface area contributed by atoms with Gasteiger partial charge in [0, 0.05) is 47.1 Å². The van der Waals surface area contributed by atoms with Crippen molar-refractivity contribution in [2.24, 2.45) is 0 Å². The maximum absolute atomic E-state index is 6.15. The van der Waals surface area contributed by atoms with Crippen LogP contribution in [0.5, 0.6) is 0 Å². The zero-order chi connectivity index (χ0) is 23.3. The van der Waals surface area contributed by atoms with E-state index in [0.29, 0.717) is 22.5 Å². The zero-order valence-electron chi connectivity index (χ0n) is 19.0. The molecule has 0 unspecified atom stereocenters. The highest BCUT2D eigenvalue weighted by Gasteiger charge is 2.17. The summed E-state index contributed by atoms with van der Waals surface area (Å²) in [5, 5.41) is 7.98. The maximum atomic E-state index is 6.15. The van der Waals surface area contributed by atoms with Gasteiger partial charge in [-0.05, 0) is 37.6 Å². The molecule has 0 saturated carbocycles. The van der Waals surface area contributed by atoms with Crippen LogP contribution in [0.2, 0.25) is 0 Å². The van der Waals surface area contributed by atoms with Crippen molar-refractivity contribution in [3.8, 4) is 34.0 Å². The van der Waals surface area contributed by atoms with Crippen molar-refractivity contribution in [2.75, 3.05) is 26.0 Å². The highest BCUT2D eigenvalue weighted by Crippen LogP contribution is 2.33. The second kappa shape index (κ2) is 10.4. The van der Waals surface area contributed by atoms with Crippen molar-refractivity contribution < 1.29 is 9.26 Å². The molecule has 2 aromatic heterocycles. The minimum atomic E-state index is 0.308. The van der Waals surface area contributed by atoms with Gasteiger partial charge in [-0.3, -0.25) is 0 Å². The monoisotopic (exact) mass is 473 g/mol. The number of thioether (sulfide) groups is 1. The Bertz CT molecular complexity index is 1240. The number of ether oxygens (including phenoxy) is 1. The molecule has 1 saturated heterocycles. The smallest absolute Gasteiger partial charge is 0.189 e. The Kier molecular flexibility index (Phi) is 6.89. The van der Waals surface area contributed by atoms with Gasteiger partial charge in [-0.15, -0.1) is 11.8 Å². The SMILES string of the molecule is CNCc1ccc(-c2cc(-c3nc(-c4ccc(SC5CCOCC5)cc4)cnc3N)on2)cc1. The van der Waals surface area contributed by atoms with E-state index >= 15 is 0 Å². The third-order valence-corrected chi connectivity index (χ3v) is 7.15. The van der Waals surface area contributed by atoms with Crippen LogP contribution in [-0.2, 0) is 11.3 Å². The molecule has 3 N–H and O–H groups in total. The number of nitrogens with zero attached hydrogens (tertiary/aromatic N) is 3. The summed E-state index contributed by atoms with van der Waals surface area (Å²) in [4.78, 5) is 10.4. The Morgan fingerprint density at radius 2 is 1.71 bits per heavy atom. The molecule has 0 spiro atoms. The van der Waals surface area contributed by atoms with Crippen molar-refractivity contribution in [1.29, 1.82) is 0 Å². The van der Waals surface area contributed by atoms with E-state index < -0.39 is 0 Å². The minimum absolute atomic E-state index is 0.308. The van der Waals surface area contributed by atoms with Gasteiger partial charge in [0.05, 0.1) is 11.9 Å². The molecule has 0 amide bonds. The zero-order valence-corrected chi connectivity index (χ0v) is 19.8. The number of rotatable bonds is 7. The van der Waals surface area contributed by atoms with Crippen molar-refractivity contribution in [2.45, 2.75) is 29.5 Å². The van der Waals surface area contributed by atoms with Gasteiger partial charge < -0.3 is 20.3 Å². The summed E-state index contributed by atoms with van der Waals surface area (Å²) in [7, 11) is 1.93. The second-order valence-electron chi connectivity index (χ2n) is 8.25. The first kappa shape index (κ1) is 22.6. The van der Waals surface area contributed by atoms with Gasteiger partial charge in [-0.2, -0.15) is 0 Å². The summed E-state index contributed by atoms with van der Waals surface area (Å²) in [6.45, 7) is 2.52. The Labute approximate surface area is 203 Å². The lowest BCUT2D eigenvalue weighted by atomic mass is 10.1. The maximum Gasteiger partial charge on any atom is 0.189 e. The van der Waals surface area contributed by atoms with E-state index in [9.17, 15) is 0 Å². The molecule has 0 aliphatic carbocycles. The van der Waals surface area contributed by atoms with Gasteiger partial charge in [0.2, 0.25) is 0 Å². The molecule has 0 bridgehead atoms. The van der Waals surface area contributed by atoms with Crippen LogP contribution in [0.15, 0.2) is 70.2 Å². The second-order valence-corrected chi connectivity index (χ2v) is 9.62. The van der Waals surface area contributed by atoms with Gasteiger partial charge in [0.25, 0.3) is 0 Å². The van der Waals surface area contributed by atoms with E-state index in [4.69, 9.17) is 20.0 Å². The van der Waals surface area contributed by atoms with Crippen molar-refractivity contribution in [3.05, 3.63) is 66.4 Å². The van der Waals surface area contributed by atoms with E-state index in [1.807, 2.05) is 37.0 Å². The van der Waals surface area contributed by atoms with Gasteiger partial charge in [0.1, 0.15) is 5.69 Å². The number of benzene rings is 2. The predicted molar refractivity (Wildman–Crippen MR) is 135 cm³/mol. The van der Waals surface area contributed by atoms with Crippen LogP contribution in [0.25, 0.3) is 34.0 Å². The van der Waals surface area contributed by atoms with E-state index in [0.717, 1.165) is 55.1 Å². The van der Waals surface area contributed by atoms with Gasteiger partial charge in [-0.25, -0.2) is 9.97 Å². The van der Waals surface area contributed by atoms with Gasteiger partial charge >= 0.3 is 0 Å². The predicted octanol–water partition coefficient (Wildman–Crippen LogP) is 5.04. The molecule has 8 heteroatoms. The third-order valence-electron chi connectivity index (χ3n) is 5.80. The lowest BCUT2D eigenvalue weighted by molar-refractivity contribution is 0.100. The van der Waals surface area contributed by atoms with Crippen LogP contribution in [0.1, 0.15) is 18.4 Å². The quantitative estimate of drug-likeness (QED) is 0.385. The minimum Gasteiger partial charge on any atom is -0.382 e. The molecule has 0 atom stereocenters. The normalized spacial score (nSPS) is 14.4. The van der Waals surface area contributed by atoms with Crippen LogP contribution >= 0.6 is 11.8 Å². The first-order chi connectivity index (χ1) is 16.7. The molecule has 34 heavy (non-hydrogen) atoms. The Hall–Kier alpha value is -3.20. The number of anilines is 1. The summed E-state index contributed by atoms with van der Waals surface area (Å²) in [6, 6.07) is 18.5. The molecule has 7 nitrogen and oxygen atoms in total. The average molecular weight is 474 g/mol. The standard InChI is InChI=1S/C26H27N5O2S/c1-28-15-17-2-4-18(5-3-17)22-14-24(33-31-22)25-26(27)29-16-23(30-25)19-6-8-20(9-7-19)34-21-10-12-32-13-11-21/h2-9,14,16,21,28H,10-13,15H2,1H3,(H2,27,29). The number of nitrogen functional groups attached to an aromatic ring is 1. The first-order valence-corrected chi connectivity index (χ1v) is 12.3. The summed E-state index contributed by atoms with van der Waals surface area (Å²) < 4.78 is 11.1. The topological polar surface area (TPSA) is 99.1 Å².